The highest BCUT2D eigenvalue weighted by molar-refractivity contribution is 7.89. The largest absolute Gasteiger partial charge is 0.248 e. The summed E-state index contributed by atoms with van der Waals surface area (Å²) in [6.45, 7) is 0.266. The maximum absolute atomic E-state index is 12.2. The zero-order valence-corrected chi connectivity index (χ0v) is 12.0. The monoisotopic (exact) mass is 302 g/mol. The molecule has 0 bridgehead atoms. The van der Waals surface area contributed by atoms with Gasteiger partial charge in [0.1, 0.15) is 5.01 Å². The normalized spacial score (nSPS) is 11.9. The average molecular weight is 303 g/mol. The van der Waals surface area contributed by atoms with Crippen molar-refractivity contribution in [2.45, 2.75) is 11.4 Å². The number of hydrogen-bond acceptors (Lipinski definition) is 4. The SMILES string of the molecule is CN(Cc1nccs1)S(=O)(=O)c1ccc(Cl)cc1. The summed E-state index contributed by atoms with van der Waals surface area (Å²) in [4.78, 5) is 4.30. The van der Waals surface area contributed by atoms with Crippen molar-refractivity contribution in [3.63, 3.8) is 0 Å². The van der Waals surface area contributed by atoms with Crippen molar-refractivity contribution in [2.75, 3.05) is 7.05 Å². The Hall–Kier alpha value is -0.950. The molecular formula is C11H11ClN2O2S2. The number of halogens is 1. The first-order chi connectivity index (χ1) is 8.50. The minimum atomic E-state index is -3.49. The van der Waals surface area contributed by atoms with E-state index >= 15 is 0 Å². The summed E-state index contributed by atoms with van der Waals surface area (Å²) in [7, 11) is -1.96. The van der Waals surface area contributed by atoms with E-state index in [0.29, 0.717) is 5.02 Å². The van der Waals surface area contributed by atoms with Crippen molar-refractivity contribution in [1.82, 2.24) is 9.29 Å². The molecule has 0 atom stereocenters. The minimum absolute atomic E-state index is 0.228. The molecule has 0 unspecified atom stereocenters. The van der Waals surface area contributed by atoms with Crippen molar-refractivity contribution in [2.24, 2.45) is 0 Å². The van der Waals surface area contributed by atoms with Crippen LogP contribution in [0.2, 0.25) is 5.02 Å². The Balaban J connectivity index is 2.22. The lowest BCUT2D eigenvalue weighted by Gasteiger charge is -2.15. The summed E-state index contributed by atoms with van der Waals surface area (Å²) in [5.41, 5.74) is 0. The van der Waals surface area contributed by atoms with Gasteiger partial charge in [0.2, 0.25) is 10.0 Å². The van der Waals surface area contributed by atoms with Crippen LogP contribution < -0.4 is 0 Å². The Kier molecular flexibility index (Phi) is 4.01. The van der Waals surface area contributed by atoms with Gasteiger partial charge >= 0.3 is 0 Å². The van der Waals surface area contributed by atoms with E-state index in [1.165, 1.54) is 34.8 Å². The number of thiazole rings is 1. The third kappa shape index (κ3) is 2.89. The topological polar surface area (TPSA) is 50.3 Å². The molecule has 0 radical (unpaired) electrons. The van der Waals surface area contributed by atoms with Gasteiger partial charge in [0, 0.05) is 23.6 Å². The van der Waals surface area contributed by atoms with Crippen LogP contribution in [0.5, 0.6) is 0 Å². The van der Waals surface area contributed by atoms with E-state index in [0.717, 1.165) is 5.01 Å². The Labute approximate surface area is 115 Å². The number of benzene rings is 1. The third-order valence-electron chi connectivity index (χ3n) is 2.36. The second kappa shape index (κ2) is 5.36. The highest BCUT2D eigenvalue weighted by Gasteiger charge is 2.21. The molecule has 0 saturated heterocycles. The predicted octanol–water partition coefficient (Wildman–Crippen LogP) is 2.62. The van der Waals surface area contributed by atoms with Crippen LogP contribution in [0, 0.1) is 0 Å². The molecule has 96 valence electrons. The van der Waals surface area contributed by atoms with E-state index in [4.69, 9.17) is 11.6 Å². The summed E-state index contributed by atoms with van der Waals surface area (Å²) >= 11 is 7.17. The van der Waals surface area contributed by atoms with E-state index < -0.39 is 10.0 Å². The maximum Gasteiger partial charge on any atom is 0.243 e. The lowest BCUT2D eigenvalue weighted by atomic mass is 10.4. The molecule has 18 heavy (non-hydrogen) atoms. The second-order valence-electron chi connectivity index (χ2n) is 3.64. The van der Waals surface area contributed by atoms with Gasteiger partial charge in [0.25, 0.3) is 0 Å². The van der Waals surface area contributed by atoms with Crippen LogP contribution in [0.15, 0.2) is 40.7 Å². The molecule has 0 spiro atoms. The van der Waals surface area contributed by atoms with Crippen molar-refractivity contribution < 1.29 is 8.42 Å². The van der Waals surface area contributed by atoms with Crippen LogP contribution in [0.1, 0.15) is 5.01 Å². The number of nitrogens with zero attached hydrogens (tertiary/aromatic N) is 2. The molecule has 1 heterocycles. The van der Waals surface area contributed by atoms with E-state index in [1.807, 2.05) is 5.38 Å². The molecule has 2 aromatic rings. The van der Waals surface area contributed by atoms with E-state index in [2.05, 4.69) is 4.98 Å². The Morgan fingerprint density at radius 2 is 2.00 bits per heavy atom. The smallest absolute Gasteiger partial charge is 0.243 e. The molecule has 1 aromatic heterocycles. The molecule has 0 aliphatic carbocycles. The van der Waals surface area contributed by atoms with Gasteiger partial charge < -0.3 is 0 Å². The lowest BCUT2D eigenvalue weighted by Crippen LogP contribution is -2.26. The van der Waals surface area contributed by atoms with Gasteiger partial charge in [-0.05, 0) is 24.3 Å². The van der Waals surface area contributed by atoms with Gasteiger partial charge in [-0.1, -0.05) is 11.6 Å². The third-order valence-corrected chi connectivity index (χ3v) is 5.20. The molecule has 0 aliphatic rings. The van der Waals surface area contributed by atoms with E-state index in [-0.39, 0.29) is 11.4 Å². The van der Waals surface area contributed by atoms with Crippen LogP contribution in [0.4, 0.5) is 0 Å². The molecule has 0 amide bonds. The van der Waals surface area contributed by atoms with Gasteiger partial charge in [0.15, 0.2) is 0 Å². The van der Waals surface area contributed by atoms with Crippen molar-refractivity contribution in [3.05, 3.63) is 45.9 Å². The fourth-order valence-electron chi connectivity index (χ4n) is 1.39. The van der Waals surface area contributed by atoms with Crippen LogP contribution in [-0.2, 0) is 16.6 Å². The van der Waals surface area contributed by atoms with Gasteiger partial charge in [-0.2, -0.15) is 4.31 Å². The molecule has 0 saturated carbocycles. The maximum atomic E-state index is 12.2. The molecule has 0 N–H and O–H groups in total. The highest BCUT2D eigenvalue weighted by atomic mass is 35.5. The zero-order chi connectivity index (χ0) is 13.2. The molecule has 7 heteroatoms. The Morgan fingerprint density at radius 3 is 2.56 bits per heavy atom. The number of sulfonamides is 1. The lowest BCUT2D eigenvalue weighted by molar-refractivity contribution is 0.466. The van der Waals surface area contributed by atoms with E-state index in [9.17, 15) is 8.42 Å². The summed E-state index contributed by atoms with van der Waals surface area (Å²) in [5.74, 6) is 0. The minimum Gasteiger partial charge on any atom is -0.248 e. The molecule has 4 nitrogen and oxygen atoms in total. The van der Waals surface area contributed by atoms with Crippen LogP contribution in [0.25, 0.3) is 0 Å². The average Bonchev–Trinajstić information content (AvgIpc) is 2.82. The summed E-state index contributed by atoms with van der Waals surface area (Å²) in [5, 5.41) is 3.09. The first kappa shape index (κ1) is 13.5. The van der Waals surface area contributed by atoms with Crippen molar-refractivity contribution in [1.29, 1.82) is 0 Å². The molecule has 0 fully saturated rings. The molecule has 1 aromatic carbocycles. The fraction of sp³-hybridized carbons (Fsp3) is 0.182. The second-order valence-corrected chi connectivity index (χ2v) is 7.10. The molecule has 0 aliphatic heterocycles. The van der Waals surface area contributed by atoms with Crippen LogP contribution in [0.3, 0.4) is 0 Å². The quantitative estimate of drug-likeness (QED) is 0.872. The Morgan fingerprint density at radius 1 is 1.33 bits per heavy atom. The summed E-state index contributed by atoms with van der Waals surface area (Å²) < 4.78 is 25.7. The van der Waals surface area contributed by atoms with Crippen LogP contribution >= 0.6 is 22.9 Å². The number of aromatic nitrogens is 1. The number of rotatable bonds is 4. The van der Waals surface area contributed by atoms with Gasteiger partial charge in [-0.25, -0.2) is 13.4 Å². The van der Waals surface area contributed by atoms with Gasteiger partial charge in [-0.15, -0.1) is 11.3 Å². The van der Waals surface area contributed by atoms with Crippen molar-refractivity contribution in [3.8, 4) is 0 Å². The predicted molar refractivity (Wildman–Crippen MR) is 72.2 cm³/mol. The molecular weight excluding hydrogens is 292 g/mol. The van der Waals surface area contributed by atoms with Crippen LogP contribution in [-0.4, -0.2) is 24.8 Å². The fourth-order valence-corrected chi connectivity index (χ4v) is 3.40. The van der Waals surface area contributed by atoms with Crippen molar-refractivity contribution >= 4 is 33.0 Å². The summed E-state index contributed by atoms with van der Waals surface area (Å²) in [6, 6.07) is 6.11. The van der Waals surface area contributed by atoms with Gasteiger partial charge in [-0.3, -0.25) is 0 Å². The van der Waals surface area contributed by atoms with Gasteiger partial charge in [0.05, 0.1) is 11.4 Å². The highest BCUT2D eigenvalue weighted by Crippen LogP contribution is 2.19. The standard InChI is InChI=1S/C11H11ClN2O2S2/c1-14(8-11-13-6-7-17-11)18(15,16)10-4-2-9(12)3-5-10/h2-7H,8H2,1H3. The molecule has 2 rings (SSSR count). The van der Waals surface area contributed by atoms with E-state index in [1.54, 1.807) is 18.3 Å². The number of hydrogen-bond donors (Lipinski definition) is 0. The Bertz CT molecular complexity index is 609. The first-order valence-electron chi connectivity index (χ1n) is 5.10. The first-order valence-corrected chi connectivity index (χ1v) is 7.80. The summed E-state index contributed by atoms with van der Waals surface area (Å²) in [6.07, 6.45) is 1.66. The zero-order valence-electron chi connectivity index (χ0n) is 9.58.